The van der Waals surface area contributed by atoms with Crippen molar-refractivity contribution in [2.75, 3.05) is 5.32 Å². The molecule has 0 bridgehead atoms. The molecule has 1 atom stereocenters. The van der Waals surface area contributed by atoms with Gasteiger partial charge in [0.05, 0.1) is 0 Å². The maximum Gasteiger partial charge on any atom is 0.265 e. The molecule has 2 N–H and O–H groups in total. The van der Waals surface area contributed by atoms with E-state index in [1.807, 2.05) is 25.1 Å². The van der Waals surface area contributed by atoms with Crippen LogP contribution in [0, 0.1) is 6.92 Å². The summed E-state index contributed by atoms with van der Waals surface area (Å²) in [5.41, 5.74) is 1.46. The molecule has 0 fully saturated rings. The molecule has 0 saturated heterocycles. The normalized spacial score (nSPS) is 11.7. The predicted octanol–water partition coefficient (Wildman–Crippen LogP) is 3.11. The van der Waals surface area contributed by atoms with Crippen molar-refractivity contribution in [3.63, 3.8) is 0 Å². The van der Waals surface area contributed by atoms with E-state index in [-0.39, 0.29) is 11.7 Å². The van der Waals surface area contributed by atoms with E-state index in [9.17, 15) is 9.90 Å². The Hall–Kier alpha value is -2.49. The molecular formula is C16H17NO3. The van der Waals surface area contributed by atoms with Crippen molar-refractivity contribution in [3.05, 3.63) is 54.1 Å². The Balaban J connectivity index is 2.01. The molecule has 1 amide bonds. The number of amides is 1. The molecule has 2 rings (SSSR count). The van der Waals surface area contributed by atoms with Crippen LogP contribution >= 0.6 is 0 Å². The monoisotopic (exact) mass is 271 g/mol. The first-order valence-electron chi connectivity index (χ1n) is 6.38. The van der Waals surface area contributed by atoms with E-state index >= 15 is 0 Å². The maximum atomic E-state index is 12.1. The van der Waals surface area contributed by atoms with Gasteiger partial charge in [-0.15, -0.1) is 0 Å². The highest BCUT2D eigenvalue weighted by molar-refractivity contribution is 5.94. The van der Waals surface area contributed by atoms with Gasteiger partial charge in [0.15, 0.2) is 6.10 Å². The van der Waals surface area contributed by atoms with Gasteiger partial charge in [0.1, 0.15) is 11.5 Å². The second-order valence-electron chi connectivity index (χ2n) is 4.56. The van der Waals surface area contributed by atoms with E-state index in [0.717, 1.165) is 5.56 Å². The Kier molecular flexibility index (Phi) is 4.25. The van der Waals surface area contributed by atoms with Crippen LogP contribution in [0.1, 0.15) is 12.5 Å². The summed E-state index contributed by atoms with van der Waals surface area (Å²) in [4.78, 5) is 12.1. The Morgan fingerprint density at radius 1 is 1.20 bits per heavy atom. The molecule has 4 heteroatoms. The number of benzene rings is 2. The molecule has 0 heterocycles. The third kappa shape index (κ3) is 3.51. The van der Waals surface area contributed by atoms with Crippen molar-refractivity contribution in [3.8, 4) is 11.5 Å². The predicted molar refractivity (Wildman–Crippen MR) is 78.0 cm³/mol. The number of carbonyl (C=O) groups excluding carboxylic acids is 1. The van der Waals surface area contributed by atoms with Gasteiger partial charge in [-0.2, -0.15) is 0 Å². The lowest BCUT2D eigenvalue weighted by molar-refractivity contribution is -0.122. The Morgan fingerprint density at radius 3 is 2.55 bits per heavy atom. The van der Waals surface area contributed by atoms with Crippen LogP contribution in [0.2, 0.25) is 0 Å². The summed E-state index contributed by atoms with van der Waals surface area (Å²) in [7, 11) is 0. The van der Waals surface area contributed by atoms with Crippen molar-refractivity contribution in [1.29, 1.82) is 0 Å². The van der Waals surface area contributed by atoms with Gasteiger partial charge in [0.25, 0.3) is 5.91 Å². The number of rotatable bonds is 4. The number of anilines is 1. The molecule has 0 aliphatic heterocycles. The van der Waals surface area contributed by atoms with Gasteiger partial charge in [-0.3, -0.25) is 4.79 Å². The van der Waals surface area contributed by atoms with Crippen LogP contribution in [0.25, 0.3) is 0 Å². The smallest absolute Gasteiger partial charge is 0.265 e. The van der Waals surface area contributed by atoms with E-state index in [4.69, 9.17) is 4.74 Å². The zero-order chi connectivity index (χ0) is 14.5. The van der Waals surface area contributed by atoms with E-state index in [1.54, 1.807) is 31.2 Å². The lowest BCUT2D eigenvalue weighted by Gasteiger charge is -2.15. The number of phenolic OH excluding ortho intramolecular Hbond substituents is 1. The first-order valence-corrected chi connectivity index (χ1v) is 6.38. The maximum absolute atomic E-state index is 12.1. The number of aromatic hydroxyl groups is 1. The number of carbonyl (C=O) groups is 1. The number of hydrogen-bond donors (Lipinski definition) is 2. The zero-order valence-electron chi connectivity index (χ0n) is 11.5. The number of hydrogen-bond acceptors (Lipinski definition) is 3. The second kappa shape index (κ2) is 6.10. The third-order valence-electron chi connectivity index (χ3n) is 2.89. The standard InChI is InChI=1S/C16H17NO3/c1-11-10-13(18)8-9-15(11)17-16(19)12(2)20-14-6-4-3-5-7-14/h3-10,12,18H,1-2H3,(H,17,19)/t12-/m1/s1. The van der Waals surface area contributed by atoms with Gasteiger partial charge >= 0.3 is 0 Å². The molecule has 0 aromatic heterocycles. The van der Waals surface area contributed by atoms with Gasteiger partial charge in [0, 0.05) is 5.69 Å². The summed E-state index contributed by atoms with van der Waals surface area (Å²) in [6, 6.07) is 14.0. The van der Waals surface area contributed by atoms with Crippen LogP contribution in [-0.4, -0.2) is 17.1 Å². The summed E-state index contributed by atoms with van der Waals surface area (Å²) < 4.78 is 5.55. The summed E-state index contributed by atoms with van der Waals surface area (Å²) in [6.45, 7) is 3.51. The molecule has 0 aliphatic rings. The number of ether oxygens (including phenoxy) is 1. The van der Waals surface area contributed by atoms with Gasteiger partial charge in [-0.25, -0.2) is 0 Å². The van der Waals surface area contributed by atoms with Gasteiger partial charge in [0.2, 0.25) is 0 Å². The highest BCUT2D eigenvalue weighted by atomic mass is 16.5. The van der Waals surface area contributed by atoms with Crippen LogP contribution in [0.4, 0.5) is 5.69 Å². The molecule has 0 spiro atoms. The van der Waals surface area contributed by atoms with Crippen molar-refractivity contribution in [1.82, 2.24) is 0 Å². The topological polar surface area (TPSA) is 58.6 Å². The zero-order valence-corrected chi connectivity index (χ0v) is 11.5. The van der Waals surface area contributed by atoms with Gasteiger partial charge in [-0.05, 0) is 49.7 Å². The molecule has 2 aromatic carbocycles. The molecule has 0 unspecified atom stereocenters. The molecular weight excluding hydrogens is 254 g/mol. The number of nitrogens with one attached hydrogen (secondary N) is 1. The average Bonchev–Trinajstić information content (AvgIpc) is 2.43. The molecule has 104 valence electrons. The van der Waals surface area contributed by atoms with Crippen molar-refractivity contribution >= 4 is 11.6 Å². The summed E-state index contributed by atoms with van der Waals surface area (Å²) in [5, 5.41) is 12.1. The minimum atomic E-state index is -0.606. The van der Waals surface area contributed by atoms with Crippen molar-refractivity contribution in [2.24, 2.45) is 0 Å². The van der Waals surface area contributed by atoms with Crippen LogP contribution in [0.5, 0.6) is 11.5 Å². The fourth-order valence-electron chi connectivity index (χ4n) is 1.78. The first-order chi connectivity index (χ1) is 9.56. The minimum Gasteiger partial charge on any atom is -0.508 e. The Morgan fingerprint density at radius 2 is 1.90 bits per heavy atom. The Bertz CT molecular complexity index is 596. The van der Waals surface area contributed by atoms with Crippen molar-refractivity contribution < 1.29 is 14.6 Å². The summed E-state index contributed by atoms with van der Waals surface area (Å²) in [5.74, 6) is 0.592. The number of aryl methyl sites for hydroxylation is 1. The molecule has 2 aromatic rings. The molecule has 20 heavy (non-hydrogen) atoms. The highest BCUT2D eigenvalue weighted by Crippen LogP contribution is 2.20. The van der Waals surface area contributed by atoms with E-state index in [1.165, 1.54) is 6.07 Å². The fourth-order valence-corrected chi connectivity index (χ4v) is 1.78. The number of para-hydroxylation sites is 1. The van der Waals surface area contributed by atoms with E-state index in [0.29, 0.717) is 11.4 Å². The van der Waals surface area contributed by atoms with Crippen LogP contribution in [-0.2, 0) is 4.79 Å². The lowest BCUT2D eigenvalue weighted by Crippen LogP contribution is -2.30. The third-order valence-corrected chi connectivity index (χ3v) is 2.89. The lowest BCUT2D eigenvalue weighted by atomic mass is 10.2. The fraction of sp³-hybridized carbons (Fsp3) is 0.188. The van der Waals surface area contributed by atoms with E-state index in [2.05, 4.69) is 5.32 Å². The van der Waals surface area contributed by atoms with E-state index < -0.39 is 6.10 Å². The Labute approximate surface area is 118 Å². The van der Waals surface area contributed by atoms with Gasteiger partial charge < -0.3 is 15.2 Å². The summed E-state index contributed by atoms with van der Waals surface area (Å²) in [6.07, 6.45) is -0.606. The van der Waals surface area contributed by atoms with Crippen LogP contribution in [0.3, 0.4) is 0 Å². The van der Waals surface area contributed by atoms with Crippen molar-refractivity contribution in [2.45, 2.75) is 20.0 Å². The molecule has 0 radical (unpaired) electrons. The second-order valence-corrected chi connectivity index (χ2v) is 4.56. The SMILES string of the molecule is Cc1cc(O)ccc1NC(=O)[C@@H](C)Oc1ccccc1. The molecule has 4 nitrogen and oxygen atoms in total. The largest absolute Gasteiger partial charge is 0.508 e. The number of phenols is 1. The first kappa shape index (κ1) is 13.9. The molecule has 0 aliphatic carbocycles. The van der Waals surface area contributed by atoms with Crippen LogP contribution < -0.4 is 10.1 Å². The quantitative estimate of drug-likeness (QED) is 0.840. The highest BCUT2D eigenvalue weighted by Gasteiger charge is 2.15. The summed E-state index contributed by atoms with van der Waals surface area (Å²) >= 11 is 0. The molecule has 0 saturated carbocycles. The van der Waals surface area contributed by atoms with Crippen LogP contribution in [0.15, 0.2) is 48.5 Å². The average molecular weight is 271 g/mol. The van der Waals surface area contributed by atoms with Gasteiger partial charge in [-0.1, -0.05) is 18.2 Å². The minimum absolute atomic E-state index is 0.175.